The van der Waals surface area contributed by atoms with Crippen LogP contribution in [0.4, 0.5) is 18.9 Å². The number of anilines is 1. The predicted molar refractivity (Wildman–Crippen MR) is 147 cm³/mol. The zero-order chi connectivity index (χ0) is 29.1. The molecule has 1 aliphatic heterocycles. The van der Waals surface area contributed by atoms with Gasteiger partial charge in [-0.15, -0.1) is 0 Å². The minimum Gasteiger partial charge on any atom is -0.495 e. The molecular formula is C28H31F3N4O4S. The summed E-state index contributed by atoms with van der Waals surface area (Å²) in [6.07, 6.45) is -0.416. The summed E-state index contributed by atoms with van der Waals surface area (Å²) in [5.74, 6) is 5.83. The van der Waals surface area contributed by atoms with E-state index in [1.54, 1.807) is 18.2 Å². The number of amides is 1. The Labute approximate surface area is 231 Å². The van der Waals surface area contributed by atoms with Gasteiger partial charge in [0, 0.05) is 41.1 Å². The fourth-order valence-electron chi connectivity index (χ4n) is 4.64. The van der Waals surface area contributed by atoms with Crippen molar-refractivity contribution < 1.29 is 31.1 Å². The van der Waals surface area contributed by atoms with E-state index in [0.717, 1.165) is 36.8 Å². The highest BCUT2D eigenvalue weighted by atomic mass is 32.2. The molecule has 12 heteroatoms. The number of halogens is 3. The van der Waals surface area contributed by atoms with Crippen LogP contribution in [0.1, 0.15) is 28.8 Å². The molecule has 214 valence electrons. The Morgan fingerprint density at radius 3 is 2.52 bits per heavy atom. The number of aromatic nitrogens is 1. The summed E-state index contributed by atoms with van der Waals surface area (Å²) in [5, 5.41) is 6.51. The number of nitrogens with zero attached hydrogens (tertiary/aromatic N) is 2. The minimum atomic E-state index is -4.43. The number of benzene rings is 2. The number of sulfone groups is 1. The first-order valence-corrected chi connectivity index (χ1v) is 14.5. The first kappa shape index (κ1) is 29.3. The van der Waals surface area contributed by atoms with Crippen molar-refractivity contribution in [2.45, 2.75) is 36.5 Å². The number of rotatable bonds is 7. The van der Waals surface area contributed by atoms with Crippen molar-refractivity contribution >= 4 is 32.3 Å². The van der Waals surface area contributed by atoms with E-state index >= 15 is 0 Å². The number of hydrogen-bond donors (Lipinski definition) is 2. The fraction of sp³-hybridized carbons (Fsp3) is 0.393. The van der Waals surface area contributed by atoms with Crippen LogP contribution >= 0.6 is 0 Å². The van der Waals surface area contributed by atoms with E-state index in [4.69, 9.17) is 4.74 Å². The SMILES string of the molecule is COc1cc(S(C)(=O)=O)ccc1NCC#Cc1cc(C(=O)NC2CCN(C)CC2)c2ccn(CC(F)(F)F)c2c1. The average molecular weight is 577 g/mol. The maximum Gasteiger partial charge on any atom is 0.406 e. The molecule has 0 unspecified atom stereocenters. The second-order valence-electron chi connectivity index (χ2n) is 9.86. The molecule has 0 saturated carbocycles. The van der Waals surface area contributed by atoms with Crippen LogP contribution in [-0.2, 0) is 16.4 Å². The molecule has 1 fully saturated rings. The zero-order valence-corrected chi connectivity index (χ0v) is 23.2. The van der Waals surface area contributed by atoms with Gasteiger partial charge in [0.1, 0.15) is 12.3 Å². The molecule has 4 rings (SSSR count). The van der Waals surface area contributed by atoms with Crippen molar-refractivity contribution in [3.05, 3.63) is 53.7 Å². The van der Waals surface area contributed by atoms with Crippen LogP contribution in [0.25, 0.3) is 10.9 Å². The van der Waals surface area contributed by atoms with Gasteiger partial charge in [-0.3, -0.25) is 4.79 Å². The highest BCUT2D eigenvalue weighted by Gasteiger charge is 2.29. The molecule has 2 N–H and O–H groups in total. The number of methoxy groups -OCH3 is 1. The molecule has 0 bridgehead atoms. The Morgan fingerprint density at radius 1 is 1.15 bits per heavy atom. The van der Waals surface area contributed by atoms with Gasteiger partial charge in [0.25, 0.3) is 5.91 Å². The summed E-state index contributed by atoms with van der Waals surface area (Å²) in [7, 11) is 0.0271. The molecule has 1 amide bonds. The van der Waals surface area contributed by atoms with Gasteiger partial charge in [-0.1, -0.05) is 11.8 Å². The Bertz CT molecular complexity index is 1560. The van der Waals surface area contributed by atoms with E-state index in [1.807, 2.05) is 7.05 Å². The fourth-order valence-corrected chi connectivity index (χ4v) is 5.27. The van der Waals surface area contributed by atoms with Crippen LogP contribution < -0.4 is 15.4 Å². The largest absolute Gasteiger partial charge is 0.495 e. The van der Waals surface area contributed by atoms with Crippen LogP contribution in [0, 0.1) is 11.8 Å². The molecule has 1 aromatic heterocycles. The van der Waals surface area contributed by atoms with E-state index in [1.165, 1.54) is 31.5 Å². The van der Waals surface area contributed by atoms with Gasteiger partial charge in [-0.2, -0.15) is 13.2 Å². The van der Waals surface area contributed by atoms with Crippen molar-refractivity contribution in [1.82, 2.24) is 14.8 Å². The second-order valence-corrected chi connectivity index (χ2v) is 11.9. The second kappa shape index (κ2) is 11.8. The van der Waals surface area contributed by atoms with E-state index in [0.29, 0.717) is 22.4 Å². The number of fused-ring (bicyclic) bond motifs is 1. The van der Waals surface area contributed by atoms with Crippen LogP contribution in [0.2, 0.25) is 0 Å². The summed E-state index contributed by atoms with van der Waals surface area (Å²) in [4.78, 5) is 15.6. The quantitative estimate of drug-likeness (QED) is 0.415. The van der Waals surface area contributed by atoms with E-state index in [9.17, 15) is 26.4 Å². The lowest BCUT2D eigenvalue weighted by atomic mass is 10.0. The van der Waals surface area contributed by atoms with Gasteiger partial charge in [0.15, 0.2) is 9.84 Å². The van der Waals surface area contributed by atoms with Crippen LogP contribution in [-0.4, -0.2) is 76.1 Å². The molecule has 3 aromatic rings. The molecule has 1 saturated heterocycles. The maximum absolute atomic E-state index is 13.3. The molecule has 0 spiro atoms. The smallest absolute Gasteiger partial charge is 0.406 e. The molecule has 0 aliphatic carbocycles. The van der Waals surface area contributed by atoms with Crippen molar-refractivity contribution in [1.29, 1.82) is 0 Å². The molecule has 40 heavy (non-hydrogen) atoms. The third kappa shape index (κ3) is 7.28. The monoisotopic (exact) mass is 576 g/mol. The highest BCUT2D eigenvalue weighted by molar-refractivity contribution is 7.90. The number of carbonyl (C=O) groups is 1. The van der Waals surface area contributed by atoms with Gasteiger partial charge < -0.3 is 24.8 Å². The first-order valence-electron chi connectivity index (χ1n) is 12.6. The first-order chi connectivity index (χ1) is 18.8. The standard InChI is InChI=1S/C28H31F3N4O4S/c1-34-12-8-20(9-13-34)33-27(36)23-15-19(16-25-22(23)10-14-35(25)18-28(29,30)31)5-4-11-32-24-7-6-21(40(3,37)38)17-26(24)39-2/h6-7,10,14-17,20,32H,8-9,11-13,18H2,1-3H3,(H,33,36). The van der Waals surface area contributed by atoms with Crippen molar-refractivity contribution in [2.75, 3.05) is 45.4 Å². The van der Waals surface area contributed by atoms with Gasteiger partial charge in [-0.05, 0) is 63.3 Å². The van der Waals surface area contributed by atoms with Crippen molar-refractivity contribution in [3.8, 4) is 17.6 Å². The maximum atomic E-state index is 13.3. The summed E-state index contributed by atoms with van der Waals surface area (Å²) in [5.41, 5.74) is 1.46. The number of alkyl halides is 3. The number of ether oxygens (including phenoxy) is 1. The molecule has 1 aliphatic rings. The van der Waals surface area contributed by atoms with Crippen molar-refractivity contribution in [3.63, 3.8) is 0 Å². The van der Waals surface area contributed by atoms with Gasteiger partial charge >= 0.3 is 6.18 Å². The van der Waals surface area contributed by atoms with E-state index in [2.05, 4.69) is 27.4 Å². The molecule has 8 nitrogen and oxygen atoms in total. The normalized spacial score (nSPS) is 14.9. The topological polar surface area (TPSA) is 92.7 Å². The molecule has 0 atom stereocenters. The van der Waals surface area contributed by atoms with Gasteiger partial charge in [0.2, 0.25) is 0 Å². The number of carbonyl (C=O) groups excluding carboxylic acids is 1. The number of likely N-dealkylation sites (tertiary alicyclic amines) is 1. The van der Waals surface area contributed by atoms with Crippen LogP contribution in [0.15, 0.2) is 47.5 Å². The lowest BCUT2D eigenvalue weighted by Crippen LogP contribution is -2.43. The van der Waals surface area contributed by atoms with Crippen LogP contribution in [0.5, 0.6) is 5.75 Å². The highest BCUT2D eigenvalue weighted by Crippen LogP contribution is 2.28. The Morgan fingerprint density at radius 2 is 1.88 bits per heavy atom. The molecule has 2 aromatic carbocycles. The Hall–Kier alpha value is -3.69. The zero-order valence-electron chi connectivity index (χ0n) is 22.4. The third-order valence-electron chi connectivity index (χ3n) is 6.74. The van der Waals surface area contributed by atoms with E-state index < -0.39 is 22.6 Å². The average Bonchev–Trinajstić information content (AvgIpc) is 3.27. The molecular weight excluding hydrogens is 545 g/mol. The number of hydrogen-bond acceptors (Lipinski definition) is 6. The number of piperidine rings is 1. The van der Waals surface area contributed by atoms with E-state index in [-0.39, 0.29) is 34.5 Å². The number of nitrogens with one attached hydrogen (secondary N) is 2. The van der Waals surface area contributed by atoms with Gasteiger partial charge in [0.05, 0.1) is 29.8 Å². The minimum absolute atomic E-state index is 0.0148. The summed E-state index contributed by atoms with van der Waals surface area (Å²) < 4.78 is 69.6. The summed E-state index contributed by atoms with van der Waals surface area (Å²) in [6.45, 7) is 0.646. The summed E-state index contributed by atoms with van der Waals surface area (Å²) >= 11 is 0. The third-order valence-corrected chi connectivity index (χ3v) is 7.85. The lowest BCUT2D eigenvalue weighted by Gasteiger charge is -2.29. The van der Waals surface area contributed by atoms with Crippen molar-refractivity contribution in [2.24, 2.45) is 0 Å². The van der Waals surface area contributed by atoms with Crippen LogP contribution in [0.3, 0.4) is 0 Å². The molecule has 2 heterocycles. The van der Waals surface area contributed by atoms with Gasteiger partial charge in [-0.25, -0.2) is 8.42 Å². The predicted octanol–water partition coefficient (Wildman–Crippen LogP) is 3.90. The lowest BCUT2D eigenvalue weighted by molar-refractivity contribution is -0.139. The Kier molecular flexibility index (Phi) is 8.65. The summed E-state index contributed by atoms with van der Waals surface area (Å²) in [6, 6.07) is 9.07. The molecule has 0 radical (unpaired) electrons. The Balaban J connectivity index is 1.60.